The monoisotopic (exact) mass is 301 g/mol. The summed E-state index contributed by atoms with van der Waals surface area (Å²) >= 11 is 0. The van der Waals surface area contributed by atoms with Crippen molar-refractivity contribution in [2.45, 2.75) is 32.6 Å². The van der Waals surface area contributed by atoms with E-state index in [4.69, 9.17) is 5.73 Å². The first-order chi connectivity index (χ1) is 10.4. The van der Waals surface area contributed by atoms with E-state index in [0.29, 0.717) is 31.2 Å². The van der Waals surface area contributed by atoms with Gasteiger partial charge in [0.05, 0.1) is 0 Å². The zero-order valence-corrected chi connectivity index (χ0v) is 12.5. The van der Waals surface area contributed by atoms with Crippen molar-refractivity contribution in [2.75, 3.05) is 0 Å². The topological polar surface area (TPSA) is 97.5 Å². The second-order valence-corrected chi connectivity index (χ2v) is 5.58. The summed E-state index contributed by atoms with van der Waals surface area (Å²) in [6.45, 7) is 1.75. The van der Waals surface area contributed by atoms with E-state index in [-0.39, 0.29) is 28.7 Å². The number of carbonyl (C=O) groups is 3. The number of Topliss-reactive ketones (excluding diaryl/α,β-unsaturated/α-hetero) is 2. The van der Waals surface area contributed by atoms with Crippen molar-refractivity contribution >= 4 is 23.2 Å². The molecule has 0 radical (unpaired) electrons. The van der Waals surface area contributed by atoms with Gasteiger partial charge >= 0.3 is 0 Å². The minimum atomic E-state index is -0.640. The van der Waals surface area contributed by atoms with Gasteiger partial charge in [0.15, 0.2) is 0 Å². The fraction of sp³-hybridized carbons (Fsp3) is 0.353. The second kappa shape index (κ2) is 6.56. The maximum atomic E-state index is 12.1. The number of hydrogen-bond donors (Lipinski definition) is 2. The standard InChI is InChI=1S/C17H19NO4/c1-10(17(18)22)6-2-3-9-13-14(19)11-7-4-5-8-12(11)15(20)16(13)21/h4-5,7-8,10,19H,2-3,6,9H2,1H3,(H2,18,22). The Hall–Kier alpha value is -2.43. The minimum absolute atomic E-state index is 0.108. The first-order valence-electron chi connectivity index (χ1n) is 7.33. The molecule has 3 N–H and O–H groups in total. The van der Waals surface area contributed by atoms with Crippen LogP contribution in [-0.4, -0.2) is 22.6 Å². The summed E-state index contributed by atoms with van der Waals surface area (Å²) in [6, 6.07) is 6.54. The molecule has 0 saturated heterocycles. The lowest BCUT2D eigenvalue weighted by molar-refractivity contribution is -0.121. The van der Waals surface area contributed by atoms with Crippen LogP contribution in [0.2, 0.25) is 0 Å². The summed E-state index contributed by atoms with van der Waals surface area (Å²) in [5, 5.41) is 10.2. The van der Waals surface area contributed by atoms with Crippen LogP contribution in [0.5, 0.6) is 0 Å². The zero-order chi connectivity index (χ0) is 16.3. The van der Waals surface area contributed by atoms with Crippen molar-refractivity contribution < 1.29 is 19.5 Å². The fourth-order valence-electron chi connectivity index (χ4n) is 2.54. The van der Waals surface area contributed by atoms with Gasteiger partial charge in [-0.15, -0.1) is 0 Å². The van der Waals surface area contributed by atoms with Gasteiger partial charge in [-0.05, 0) is 19.3 Å². The molecule has 116 valence electrons. The summed E-state index contributed by atoms with van der Waals surface area (Å²) in [6.07, 6.45) is 2.25. The zero-order valence-electron chi connectivity index (χ0n) is 12.5. The van der Waals surface area contributed by atoms with E-state index in [0.717, 1.165) is 0 Å². The molecule has 1 unspecified atom stereocenters. The molecule has 1 amide bonds. The third-order valence-electron chi connectivity index (χ3n) is 3.99. The SMILES string of the molecule is CC(CCCCC1=C(O)c2ccccc2C(=O)C1=O)C(N)=O. The number of benzene rings is 1. The molecule has 0 heterocycles. The average molecular weight is 301 g/mol. The van der Waals surface area contributed by atoms with Crippen LogP contribution in [0.4, 0.5) is 0 Å². The Kier molecular flexibility index (Phi) is 4.75. The first-order valence-corrected chi connectivity index (χ1v) is 7.33. The number of primary amides is 1. The molecular weight excluding hydrogens is 282 g/mol. The average Bonchev–Trinajstić information content (AvgIpc) is 2.51. The fourth-order valence-corrected chi connectivity index (χ4v) is 2.54. The van der Waals surface area contributed by atoms with Gasteiger partial charge in [-0.1, -0.05) is 37.6 Å². The molecule has 1 aromatic rings. The molecule has 0 bridgehead atoms. The van der Waals surface area contributed by atoms with Crippen LogP contribution in [0.25, 0.3) is 5.76 Å². The summed E-state index contributed by atoms with van der Waals surface area (Å²) < 4.78 is 0. The van der Waals surface area contributed by atoms with Crippen molar-refractivity contribution in [3.63, 3.8) is 0 Å². The van der Waals surface area contributed by atoms with Gasteiger partial charge < -0.3 is 10.8 Å². The van der Waals surface area contributed by atoms with E-state index in [1.807, 2.05) is 0 Å². The summed E-state index contributed by atoms with van der Waals surface area (Å²) in [5.74, 6) is -1.89. The summed E-state index contributed by atoms with van der Waals surface area (Å²) in [5.41, 5.74) is 6.01. The first kappa shape index (κ1) is 15.9. The van der Waals surface area contributed by atoms with Crippen molar-refractivity contribution in [2.24, 2.45) is 11.7 Å². The third-order valence-corrected chi connectivity index (χ3v) is 3.99. The summed E-state index contributed by atoms with van der Waals surface area (Å²) in [7, 11) is 0. The van der Waals surface area contributed by atoms with Gasteiger partial charge in [-0.3, -0.25) is 14.4 Å². The molecule has 5 heteroatoms. The van der Waals surface area contributed by atoms with Gasteiger partial charge in [0, 0.05) is 22.6 Å². The quantitative estimate of drug-likeness (QED) is 0.622. The summed E-state index contributed by atoms with van der Waals surface area (Å²) in [4.78, 5) is 35.1. The number of aliphatic hydroxyl groups is 1. The van der Waals surface area contributed by atoms with Crippen LogP contribution in [0.15, 0.2) is 29.8 Å². The van der Waals surface area contributed by atoms with Crippen molar-refractivity contribution in [3.8, 4) is 0 Å². The minimum Gasteiger partial charge on any atom is -0.507 e. The number of ketones is 2. The van der Waals surface area contributed by atoms with E-state index in [2.05, 4.69) is 0 Å². The molecule has 1 aromatic carbocycles. The number of aliphatic hydroxyl groups excluding tert-OH is 1. The third kappa shape index (κ3) is 3.08. The van der Waals surface area contributed by atoms with Gasteiger partial charge in [0.2, 0.25) is 17.5 Å². The highest BCUT2D eigenvalue weighted by Crippen LogP contribution is 2.30. The van der Waals surface area contributed by atoms with Gasteiger partial charge in [0.1, 0.15) is 5.76 Å². The lowest BCUT2D eigenvalue weighted by atomic mass is 9.86. The Balaban J connectivity index is 2.09. The van der Waals surface area contributed by atoms with E-state index in [1.165, 1.54) is 6.07 Å². The van der Waals surface area contributed by atoms with Crippen molar-refractivity contribution in [1.82, 2.24) is 0 Å². The maximum absolute atomic E-state index is 12.1. The largest absolute Gasteiger partial charge is 0.507 e. The molecule has 0 aromatic heterocycles. The molecule has 0 fully saturated rings. The Labute approximate surface area is 128 Å². The molecular formula is C17H19NO4. The van der Waals surface area contributed by atoms with E-state index in [9.17, 15) is 19.5 Å². The lowest BCUT2D eigenvalue weighted by Crippen LogP contribution is -2.24. The molecule has 2 rings (SSSR count). The Bertz CT molecular complexity index is 660. The van der Waals surface area contributed by atoms with Crippen LogP contribution in [-0.2, 0) is 9.59 Å². The normalized spacial score (nSPS) is 15.7. The molecule has 0 spiro atoms. The highest BCUT2D eigenvalue weighted by atomic mass is 16.3. The second-order valence-electron chi connectivity index (χ2n) is 5.58. The van der Waals surface area contributed by atoms with Crippen molar-refractivity contribution in [3.05, 3.63) is 41.0 Å². The molecule has 1 aliphatic carbocycles. The van der Waals surface area contributed by atoms with Crippen LogP contribution < -0.4 is 5.73 Å². The van der Waals surface area contributed by atoms with Gasteiger partial charge in [-0.2, -0.15) is 0 Å². The molecule has 1 atom stereocenters. The Morgan fingerprint density at radius 1 is 1.14 bits per heavy atom. The number of amides is 1. The molecule has 0 saturated carbocycles. The lowest BCUT2D eigenvalue weighted by Gasteiger charge is -2.17. The van der Waals surface area contributed by atoms with Gasteiger partial charge in [-0.25, -0.2) is 0 Å². The number of rotatable bonds is 6. The van der Waals surface area contributed by atoms with E-state index >= 15 is 0 Å². The van der Waals surface area contributed by atoms with Crippen LogP contribution >= 0.6 is 0 Å². The number of nitrogens with two attached hydrogens (primary N) is 1. The van der Waals surface area contributed by atoms with Crippen LogP contribution in [0.3, 0.4) is 0 Å². The number of allylic oxidation sites excluding steroid dienone is 1. The highest BCUT2D eigenvalue weighted by Gasteiger charge is 2.31. The van der Waals surface area contributed by atoms with E-state index in [1.54, 1.807) is 25.1 Å². The predicted octanol–water partition coefficient (Wildman–Crippen LogP) is 2.40. The molecule has 22 heavy (non-hydrogen) atoms. The Morgan fingerprint density at radius 3 is 2.41 bits per heavy atom. The smallest absolute Gasteiger partial charge is 0.234 e. The van der Waals surface area contributed by atoms with Crippen LogP contribution in [0.1, 0.15) is 48.5 Å². The molecule has 0 aliphatic heterocycles. The number of carbonyl (C=O) groups excluding carboxylic acids is 3. The van der Waals surface area contributed by atoms with E-state index < -0.39 is 11.6 Å². The molecule has 5 nitrogen and oxygen atoms in total. The van der Waals surface area contributed by atoms with Crippen LogP contribution in [0, 0.1) is 5.92 Å². The number of hydrogen-bond acceptors (Lipinski definition) is 4. The van der Waals surface area contributed by atoms with Gasteiger partial charge in [0.25, 0.3) is 0 Å². The number of unbranched alkanes of at least 4 members (excludes halogenated alkanes) is 1. The molecule has 1 aliphatic rings. The number of fused-ring (bicyclic) bond motifs is 1. The van der Waals surface area contributed by atoms with Crippen molar-refractivity contribution in [1.29, 1.82) is 0 Å². The highest BCUT2D eigenvalue weighted by molar-refractivity contribution is 6.52. The predicted molar refractivity (Wildman–Crippen MR) is 82.2 cm³/mol. The Morgan fingerprint density at radius 2 is 1.77 bits per heavy atom. The maximum Gasteiger partial charge on any atom is 0.234 e.